The van der Waals surface area contributed by atoms with Gasteiger partial charge in [0.05, 0.1) is 7.11 Å². The molecule has 2 atom stereocenters. The first kappa shape index (κ1) is 11.1. The van der Waals surface area contributed by atoms with Crippen LogP contribution < -0.4 is 0 Å². The second kappa shape index (κ2) is 3.58. The van der Waals surface area contributed by atoms with Crippen molar-refractivity contribution in [3.63, 3.8) is 0 Å². The Morgan fingerprint density at radius 3 is 2.75 bits per heavy atom. The average molecular weight is 220 g/mol. The summed E-state index contributed by atoms with van der Waals surface area (Å²) in [5, 5.41) is 0. The molecule has 0 aromatic carbocycles. The zero-order valence-corrected chi connectivity index (χ0v) is 9.87. The Bertz CT molecular complexity index is 417. The Kier molecular flexibility index (Phi) is 2.49. The molecule has 0 heterocycles. The maximum atomic E-state index is 12.2. The molecule has 2 aliphatic carbocycles. The molecular formula is C13H16O3. The number of allylic oxidation sites excluding steroid dienone is 4. The van der Waals surface area contributed by atoms with Crippen molar-refractivity contribution in [2.24, 2.45) is 11.3 Å². The minimum atomic E-state index is -0.601. The second-order valence-corrected chi connectivity index (χ2v) is 4.88. The number of carbonyl (C=O) groups is 2. The summed E-state index contributed by atoms with van der Waals surface area (Å²) in [5.74, 6) is -0.0178. The quantitative estimate of drug-likeness (QED) is 0.635. The fourth-order valence-corrected chi connectivity index (χ4v) is 2.75. The average Bonchev–Trinajstić information content (AvgIpc) is 2.23. The van der Waals surface area contributed by atoms with E-state index in [1.807, 2.05) is 13.8 Å². The zero-order chi connectivity index (χ0) is 11.9. The first-order valence-electron chi connectivity index (χ1n) is 5.49. The summed E-state index contributed by atoms with van der Waals surface area (Å²) < 4.78 is 4.99. The summed E-state index contributed by atoms with van der Waals surface area (Å²) in [6, 6.07) is 0. The van der Waals surface area contributed by atoms with Crippen LogP contribution in [0.4, 0.5) is 0 Å². The summed E-state index contributed by atoms with van der Waals surface area (Å²) in [5.41, 5.74) is 0.577. The highest BCUT2D eigenvalue weighted by molar-refractivity contribution is 6.11. The van der Waals surface area contributed by atoms with E-state index in [2.05, 4.69) is 6.08 Å². The lowest BCUT2D eigenvalue weighted by Gasteiger charge is -2.40. The monoisotopic (exact) mass is 220 g/mol. The van der Waals surface area contributed by atoms with Crippen LogP contribution in [0.2, 0.25) is 0 Å². The van der Waals surface area contributed by atoms with Gasteiger partial charge >= 0.3 is 0 Å². The van der Waals surface area contributed by atoms with Gasteiger partial charge in [-0.15, -0.1) is 0 Å². The van der Waals surface area contributed by atoms with Gasteiger partial charge in [-0.25, -0.2) is 0 Å². The smallest absolute Gasteiger partial charge is 0.204 e. The molecular weight excluding hydrogens is 204 g/mol. The highest BCUT2D eigenvalue weighted by Crippen LogP contribution is 2.46. The Labute approximate surface area is 95.2 Å². The number of hydrogen-bond donors (Lipinski definition) is 0. The van der Waals surface area contributed by atoms with Gasteiger partial charge in [-0.3, -0.25) is 9.59 Å². The summed E-state index contributed by atoms with van der Waals surface area (Å²) in [4.78, 5) is 24.1. The Balaban J connectivity index is 2.47. The van der Waals surface area contributed by atoms with E-state index < -0.39 is 5.41 Å². The molecule has 2 rings (SSSR count). The lowest BCUT2D eigenvalue weighted by Crippen LogP contribution is -2.45. The highest BCUT2D eigenvalue weighted by atomic mass is 16.5. The highest BCUT2D eigenvalue weighted by Gasteiger charge is 2.50. The number of rotatable bonds is 1. The van der Waals surface area contributed by atoms with Gasteiger partial charge in [-0.1, -0.05) is 18.6 Å². The van der Waals surface area contributed by atoms with Crippen LogP contribution >= 0.6 is 0 Å². The third-order valence-corrected chi connectivity index (χ3v) is 3.70. The van der Waals surface area contributed by atoms with E-state index in [4.69, 9.17) is 4.74 Å². The summed E-state index contributed by atoms with van der Waals surface area (Å²) in [7, 11) is 1.44. The number of hydrogen-bond acceptors (Lipinski definition) is 3. The minimum absolute atomic E-state index is 0.0164. The van der Waals surface area contributed by atoms with E-state index in [9.17, 15) is 9.59 Å². The normalized spacial score (nSPS) is 34.1. The Hall–Kier alpha value is -1.38. The summed E-state index contributed by atoms with van der Waals surface area (Å²) in [6.45, 7) is 3.88. The molecule has 2 aliphatic rings. The molecule has 0 aromatic heterocycles. The molecule has 0 fully saturated rings. The Morgan fingerprint density at radius 2 is 2.12 bits per heavy atom. The van der Waals surface area contributed by atoms with Crippen molar-refractivity contribution >= 4 is 11.6 Å². The van der Waals surface area contributed by atoms with Gasteiger partial charge in [-0.2, -0.15) is 0 Å². The predicted octanol–water partition coefficient (Wildman–Crippen LogP) is 2.03. The van der Waals surface area contributed by atoms with Crippen LogP contribution in [0.15, 0.2) is 23.5 Å². The van der Waals surface area contributed by atoms with Crippen LogP contribution in [-0.4, -0.2) is 18.7 Å². The van der Waals surface area contributed by atoms with Gasteiger partial charge in [0.1, 0.15) is 0 Å². The van der Waals surface area contributed by atoms with Gasteiger partial charge in [0.25, 0.3) is 0 Å². The van der Waals surface area contributed by atoms with Crippen LogP contribution in [-0.2, 0) is 14.3 Å². The standard InChI is InChI=1S/C13H16O3/c1-8-4-5-9-10(14)6-11(16-3)12(15)13(9,2)7-8/h4,6,9H,5,7H2,1-3H3. The molecule has 0 radical (unpaired) electrons. The molecule has 86 valence electrons. The lowest BCUT2D eigenvalue weighted by atomic mass is 9.61. The van der Waals surface area contributed by atoms with Crippen LogP contribution in [0, 0.1) is 11.3 Å². The first-order chi connectivity index (χ1) is 7.49. The molecule has 0 aromatic rings. The zero-order valence-electron chi connectivity index (χ0n) is 9.87. The van der Waals surface area contributed by atoms with E-state index in [-0.39, 0.29) is 23.2 Å². The van der Waals surface area contributed by atoms with Crippen molar-refractivity contribution in [3.05, 3.63) is 23.5 Å². The van der Waals surface area contributed by atoms with E-state index in [1.165, 1.54) is 18.8 Å². The fraction of sp³-hybridized carbons (Fsp3) is 0.538. The molecule has 3 nitrogen and oxygen atoms in total. The number of methoxy groups -OCH3 is 1. The van der Waals surface area contributed by atoms with Gasteiger partial charge in [-0.05, 0) is 19.8 Å². The van der Waals surface area contributed by atoms with Crippen molar-refractivity contribution < 1.29 is 14.3 Å². The molecule has 0 amide bonds. The second-order valence-electron chi connectivity index (χ2n) is 4.88. The van der Waals surface area contributed by atoms with Gasteiger partial charge in [0.2, 0.25) is 5.78 Å². The van der Waals surface area contributed by atoms with Crippen LogP contribution in [0.5, 0.6) is 0 Å². The lowest BCUT2D eigenvalue weighted by molar-refractivity contribution is -0.139. The van der Waals surface area contributed by atoms with Crippen molar-refractivity contribution in [1.82, 2.24) is 0 Å². The van der Waals surface area contributed by atoms with Crippen molar-refractivity contribution in [2.75, 3.05) is 7.11 Å². The van der Waals surface area contributed by atoms with Crippen molar-refractivity contribution in [1.29, 1.82) is 0 Å². The van der Waals surface area contributed by atoms with Crippen molar-refractivity contribution in [2.45, 2.75) is 26.7 Å². The topological polar surface area (TPSA) is 43.4 Å². The Morgan fingerprint density at radius 1 is 1.44 bits per heavy atom. The molecule has 0 spiro atoms. The van der Waals surface area contributed by atoms with Crippen LogP contribution in [0.1, 0.15) is 26.7 Å². The van der Waals surface area contributed by atoms with Gasteiger partial charge in [0.15, 0.2) is 11.5 Å². The van der Waals surface area contributed by atoms with Gasteiger partial charge < -0.3 is 4.74 Å². The number of fused-ring (bicyclic) bond motifs is 1. The number of ether oxygens (including phenoxy) is 1. The maximum Gasteiger partial charge on any atom is 0.204 e. The van der Waals surface area contributed by atoms with Gasteiger partial charge in [0, 0.05) is 17.4 Å². The number of Topliss-reactive ketones (excluding diaryl/α,β-unsaturated/α-hetero) is 1. The first-order valence-corrected chi connectivity index (χ1v) is 5.49. The molecule has 2 unspecified atom stereocenters. The maximum absolute atomic E-state index is 12.2. The van der Waals surface area contributed by atoms with E-state index in [0.717, 1.165) is 0 Å². The van der Waals surface area contributed by atoms with Crippen LogP contribution in [0.25, 0.3) is 0 Å². The van der Waals surface area contributed by atoms with E-state index in [0.29, 0.717) is 12.8 Å². The number of ketones is 2. The third-order valence-electron chi connectivity index (χ3n) is 3.70. The molecule has 0 saturated heterocycles. The largest absolute Gasteiger partial charge is 0.493 e. The molecule has 0 N–H and O–H groups in total. The molecule has 0 saturated carbocycles. The predicted molar refractivity (Wildman–Crippen MR) is 59.7 cm³/mol. The summed E-state index contributed by atoms with van der Waals surface area (Å²) in [6.07, 6.45) is 4.73. The fourth-order valence-electron chi connectivity index (χ4n) is 2.75. The molecule has 3 heteroatoms. The van der Waals surface area contributed by atoms with Crippen molar-refractivity contribution in [3.8, 4) is 0 Å². The van der Waals surface area contributed by atoms with E-state index in [1.54, 1.807) is 0 Å². The van der Waals surface area contributed by atoms with E-state index >= 15 is 0 Å². The summed E-state index contributed by atoms with van der Waals surface area (Å²) >= 11 is 0. The molecule has 16 heavy (non-hydrogen) atoms. The molecule has 0 aliphatic heterocycles. The van der Waals surface area contributed by atoms with Crippen LogP contribution in [0.3, 0.4) is 0 Å². The number of carbonyl (C=O) groups excluding carboxylic acids is 2. The third kappa shape index (κ3) is 1.42. The minimum Gasteiger partial charge on any atom is -0.493 e. The molecule has 0 bridgehead atoms. The SMILES string of the molecule is COC1=CC(=O)C2CC=C(C)CC2(C)C1=O.